The van der Waals surface area contributed by atoms with Crippen molar-refractivity contribution in [3.63, 3.8) is 0 Å². The van der Waals surface area contributed by atoms with Gasteiger partial charge in [0.05, 0.1) is 4.90 Å². The van der Waals surface area contributed by atoms with Gasteiger partial charge in [0.25, 0.3) is 0 Å². The Morgan fingerprint density at radius 3 is 2.08 bits per heavy atom. The van der Waals surface area contributed by atoms with Gasteiger partial charge in [-0.15, -0.1) is 0 Å². The first-order chi connectivity index (χ1) is 12.1. The van der Waals surface area contributed by atoms with E-state index >= 15 is 0 Å². The van der Waals surface area contributed by atoms with Crippen LogP contribution in [0.1, 0.15) is 11.1 Å². The van der Waals surface area contributed by atoms with E-state index in [1.807, 2.05) is 30.3 Å². The normalized spacial score (nSPS) is 17.9. The number of carboxylic acids is 1. The van der Waals surface area contributed by atoms with Gasteiger partial charge in [-0.05, 0) is 28.8 Å². The molecule has 3 rings (SSSR count). The Morgan fingerprint density at radius 1 is 1.00 bits per heavy atom. The quantitative estimate of drug-likeness (QED) is 0.607. The minimum Gasteiger partial charge on any atom is -0.478 e. The lowest BCUT2D eigenvalue weighted by molar-refractivity contribution is -0.131. The predicted molar refractivity (Wildman–Crippen MR) is 103 cm³/mol. The van der Waals surface area contributed by atoms with E-state index < -0.39 is 20.1 Å². The molecule has 0 bridgehead atoms. The zero-order valence-corrected chi connectivity index (χ0v) is 15.9. The summed E-state index contributed by atoms with van der Waals surface area (Å²) in [5, 5.41) is 9.15. The fourth-order valence-electron chi connectivity index (χ4n) is 2.91. The molecule has 0 aliphatic heterocycles. The van der Waals surface area contributed by atoms with Crippen molar-refractivity contribution >= 4 is 50.2 Å². The Labute approximate surface area is 161 Å². The predicted octanol–water partition coefficient (Wildman–Crippen LogP) is 4.20. The van der Waals surface area contributed by atoms with Crippen molar-refractivity contribution in [2.24, 2.45) is 0 Å². The van der Waals surface area contributed by atoms with Crippen LogP contribution in [0.4, 0.5) is 0 Å². The molecule has 0 unspecified atom stereocenters. The first-order valence-corrected chi connectivity index (χ1v) is 10.2. The molecule has 7 heteroatoms. The van der Waals surface area contributed by atoms with Gasteiger partial charge in [0.2, 0.25) is 0 Å². The highest BCUT2D eigenvalue weighted by Gasteiger charge is 2.48. The lowest BCUT2D eigenvalue weighted by Gasteiger charge is -2.40. The molecular weight excluding hydrogens is 395 g/mol. The van der Waals surface area contributed by atoms with Gasteiger partial charge in [-0.2, -0.15) is 0 Å². The van der Waals surface area contributed by atoms with Crippen LogP contribution < -0.4 is 0 Å². The summed E-state index contributed by atoms with van der Waals surface area (Å²) >= 11 is 12.9. The molecule has 0 spiro atoms. The SMILES string of the molecule is CS(=O)(=O)c1ccc(C2=C(c3ccccc3)C(=CC(=O)O)C2(Cl)Cl)cc1. The first kappa shape index (κ1) is 18.7. The number of hydrogen-bond donors (Lipinski definition) is 1. The van der Waals surface area contributed by atoms with Gasteiger partial charge in [0.15, 0.2) is 14.2 Å². The van der Waals surface area contributed by atoms with E-state index in [9.17, 15) is 13.2 Å². The average molecular weight is 409 g/mol. The summed E-state index contributed by atoms with van der Waals surface area (Å²) in [5.74, 6) is -1.15. The maximum atomic E-state index is 11.6. The molecule has 0 heterocycles. The monoisotopic (exact) mass is 408 g/mol. The summed E-state index contributed by atoms with van der Waals surface area (Å²) in [6.07, 6.45) is 2.12. The van der Waals surface area contributed by atoms with Gasteiger partial charge >= 0.3 is 5.97 Å². The Balaban J connectivity index is 2.22. The third-order valence-electron chi connectivity index (χ3n) is 4.07. The summed E-state index contributed by atoms with van der Waals surface area (Å²) in [6.45, 7) is 0. The number of allylic oxidation sites excluding steroid dienone is 3. The summed E-state index contributed by atoms with van der Waals surface area (Å²) in [5.41, 5.74) is 2.87. The van der Waals surface area contributed by atoms with E-state index in [2.05, 4.69) is 0 Å². The molecule has 1 aliphatic carbocycles. The third kappa shape index (κ3) is 3.30. The molecule has 2 aromatic rings. The molecule has 134 valence electrons. The van der Waals surface area contributed by atoms with Crippen LogP contribution in [0.15, 0.2) is 71.1 Å². The van der Waals surface area contributed by atoms with E-state index in [0.29, 0.717) is 22.3 Å². The highest BCUT2D eigenvalue weighted by molar-refractivity contribution is 7.90. The Kier molecular flexibility index (Phi) is 4.73. The lowest BCUT2D eigenvalue weighted by Crippen LogP contribution is -2.31. The van der Waals surface area contributed by atoms with Gasteiger partial charge in [-0.25, -0.2) is 13.2 Å². The summed E-state index contributed by atoms with van der Waals surface area (Å²) < 4.78 is 21.8. The van der Waals surface area contributed by atoms with E-state index in [0.717, 1.165) is 17.9 Å². The molecule has 0 saturated heterocycles. The highest BCUT2D eigenvalue weighted by atomic mass is 35.5. The standard InChI is InChI=1S/C19H14Cl2O4S/c1-26(24,25)14-9-7-13(8-10-14)18-17(12-5-3-2-4-6-12)15(11-16(22)23)19(18,20)21/h2-11H,1H3,(H,22,23). The van der Waals surface area contributed by atoms with Gasteiger partial charge in [-0.1, -0.05) is 65.7 Å². The third-order valence-corrected chi connectivity index (χ3v) is 5.99. The van der Waals surface area contributed by atoms with Crippen molar-refractivity contribution in [3.8, 4) is 0 Å². The fraction of sp³-hybridized carbons (Fsp3) is 0.105. The van der Waals surface area contributed by atoms with Crippen molar-refractivity contribution in [1.82, 2.24) is 0 Å². The van der Waals surface area contributed by atoms with E-state index in [-0.39, 0.29) is 4.90 Å². The second-order valence-corrected chi connectivity index (χ2v) is 9.23. The van der Waals surface area contributed by atoms with Crippen molar-refractivity contribution < 1.29 is 18.3 Å². The minimum atomic E-state index is -3.33. The minimum absolute atomic E-state index is 0.179. The zero-order valence-electron chi connectivity index (χ0n) is 13.6. The summed E-state index contributed by atoms with van der Waals surface area (Å²) in [6, 6.07) is 15.3. The van der Waals surface area contributed by atoms with Crippen molar-refractivity contribution in [3.05, 3.63) is 77.4 Å². The topological polar surface area (TPSA) is 71.4 Å². The maximum Gasteiger partial charge on any atom is 0.328 e. The molecule has 0 aromatic heterocycles. The fourth-order valence-corrected chi connectivity index (χ4v) is 4.24. The maximum absolute atomic E-state index is 11.6. The largest absolute Gasteiger partial charge is 0.478 e. The number of aliphatic carboxylic acids is 1. The zero-order chi connectivity index (χ0) is 19.1. The number of hydrogen-bond acceptors (Lipinski definition) is 3. The molecule has 0 atom stereocenters. The molecule has 0 radical (unpaired) electrons. The van der Waals surface area contributed by atoms with Gasteiger partial charge in [-0.3, -0.25) is 0 Å². The molecule has 26 heavy (non-hydrogen) atoms. The summed E-state index contributed by atoms with van der Waals surface area (Å²) in [7, 11) is -3.33. The first-order valence-electron chi connectivity index (χ1n) is 7.56. The molecule has 0 fully saturated rings. The van der Waals surface area contributed by atoms with Crippen LogP contribution in [0, 0.1) is 0 Å². The summed E-state index contributed by atoms with van der Waals surface area (Å²) in [4.78, 5) is 11.4. The van der Waals surface area contributed by atoms with E-state index in [1.54, 1.807) is 12.1 Å². The Hall–Kier alpha value is -2.08. The molecule has 1 aliphatic rings. The number of rotatable bonds is 4. The smallest absolute Gasteiger partial charge is 0.328 e. The van der Waals surface area contributed by atoms with Crippen LogP contribution in [0.5, 0.6) is 0 Å². The molecule has 2 aromatic carbocycles. The van der Waals surface area contributed by atoms with Crippen molar-refractivity contribution in [1.29, 1.82) is 0 Å². The second-order valence-electron chi connectivity index (χ2n) is 5.88. The molecule has 0 saturated carbocycles. The van der Waals surface area contributed by atoms with Gasteiger partial charge < -0.3 is 5.11 Å². The Bertz CT molecular complexity index is 1030. The molecule has 0 amide bonds. The van der Waals surface area contributed by atoms with Gasteiger partial charge in [0, 0.05) is 23.5 Å². The average Bonchev–Trinajstić information content (AvgIpc) is 2.57. The molecule has 4 nitrogen and oxygen atoms in total. The van der Waals surface area contributed by atoms with Crippen LogP contribution in [-0.4, -0.2) is 30.1 Å². The Morgan fingerprint density at radius 2 is 1.58 bits per heavy atom. The van der Waals surface area contributed by atoms with Crippen LogP contribution in [-0.2, 0) is 14.6 Å². The number of alkyl halides is 2. The second kappa shape index (κ2) is 6.58. The van der Waals surface area contributed by atoms with Gasteiger partial charge in [0.1, 0.15) is 0 Å². The molecule has 1 N–H and O–H groups in total. The van der Waals surface area contributed by atoms with Crippen LogP contribution in [0.25, 0.3) is 11.1 Å². The van der Waals surface area contributed by atoms with E-state index in [4.69, 9.17) is 28.3 Å². The number of halogens is 2. The van der Waals surface area contributed by atoms with Crippen LogP contribution in [0.3, 0.4) is 0 Å². The van der Waals surface area contributed by atoms with E-state index in [1.165, 1.54) is 12.1 Å². The number of carbonyl (C=O) groups is 1. The van der Waals surface area contributed by atoms with Crippen LogP contribution in [0.2, 0.25) is 0 Å². The van der Waals surface area contributed by atoms with Crippen molar-refractivity contribution in [2.45, 2.75) is 9.23 Å². The lowest BCUT2D eigenvalue weighted by atomic mass is 9.74. The van der Waals surface area contributed by atoms with Crippen LogP contribution >= 0.6 is 23.2 Å². The number of sulfone groups is 1. The highest BCUT2D eigenvalue weighted by Crippen LogP contribution is 2.60. The number of benzene rings is 2. The van der Waals surface area contributed by atoms with Crippen molar-refractivity contribution in [2.75, 3.05) is 6.26 Å². The number of carboxylic acid groups (broad SMARTS) is 1. The molecular formula is C19H14Cl2O4S.